The van der Waals surface area contributed by atoms with Gasteiger partial charge in [-0.3, -0.25) is 14.2 Å². The monoisotopic (exact) mass is 388 g/mol. The predicted octanol–water partition coefficient (Wildman–Crippen LogP) is 1.06. The van der Waals surface area contributed by atoms with E-state index in [0.29, 0.717) is 36.7 Å². The quantitative estimate of drug-likeness (QED) is 0.734. The molecule has 0 bridgehead atoms. The highest BCUT2D eigenvalue weighted by Crippen LogP contribution is 2.28. The first-order valence-corrected chi connectivity index (χ1v) is 9.27. The lowest BCUT2D eigenvalue weighted by Gasteiger charge is -2.17. The van der Waals surface area contributed by atoms with Crippen LogP contribution >= 0.6 is 0 Å². The van der Waals surface area contributed by atoms with Gasteiger partial charge in [-0.1, -0.05) is 6.92 Å². The molecule has 0 unspecified atom stereocenters. The Kier molecular flexibility index (Phi) is 5.81. The van der Waals surface area contributed by atoms with Gasteiger partial charge in [-0.15, -0.1) is 0 Å². The lowest BCUT2D eigenvalue weighted by atomic mass is 10.2. The first kappa shape index (κ1) is 19.7. The van der Waals surface area contributed by atoms with Crippen LogP contribution in [0.5, 0.6) is 11.5 Å². The van der Waals surface area contributed by atoms with E-state index in [1.54, 1.807) is 23.1 Å². The molecular formula is C19H24N4O5. The van der Waals surface area contributed by atoms with Gasteiger partial charge in [0, 0.05) is 25.7 Å². The minimum absolute atomic E-state index is 0.202. The molecule has 1 saturated heterocycles. The molecule has 3 rings (SSSR count). The molecule has 0 aliphatic carbocycles. The maximum absolute atomic E-state index is 12.9. The molecule has 1 fully saturated rings. The Bertz CT molecular complexity index is 989. The summed E-state index contributed by atoms with van der Waals surface area (Å²) < 4.78 is 12.6. The molecule has 1 aromatic carbocycles. The van der Waals surface area contributed by atoms with E-state index in [1.165, 1.54) is 14.2 Å². The second-order valence-electron chi connectivity index (χ2n) is 6.54. The number of methoxy groups -OCH3 is 2. The Hall–Kier alpha value is -3.10. The fourth-order valence-corrected chi connectivity index (χ4v) is 3.26. The Balaban J connectivity index is 2.19. The Morgan fingerprint density at radius 2 is 1.79 bits per heavy atom. The molecule has 0 radical (unpaired) electrons. The number of hydrogen-bond donors (Lipinski definition) is 0. The minimum Gasteiger partial charge on any atom is -0.493 e. The smallest absolute Gasteiger partial charge is 0.352 e. The molecule has 0 atom stereocenters. The molecule has 1 aliphatic rings. The van der Waals surface area contributed by atoms with Crippen LogP contribution in [0.4, 0.5) is 0 Å². The van der Waals surface area contributed by atoms with E-state index in [-0.39, 0.29) is 12.2 Å². The zero-order valence-corrected chi connectivity index (χ0v) is 16.3. The maximum Gasteiger partial charge on any atom is 0.352 e. The summed E-state index contributed by atoms with van der Waals surface area (Å²) in [7, 11) is 2.99. The van der Waals surface area contributed by atoms with Gasteiger partial charge in [0.05, 0.1) is 19.9 Å². The van der Waals surface area contributed by atoms with Crippen LogP contribution in [0.3, 0.4) is 0 Å². The number of benzene rings is 1. The van der Waals surface area contributed by atoms with Gasteiger partial charge in [0.1, 0.15) is 0 Å². The summed E-state index contributed by atoms with van der Waals surface area (Å²) in [5.74, 6) is 0.463. The SMILES string of the molecule is CCCn1c(=O)c(C(=O)N2CCCC2)nn(-c2ccc(OC)c(OC)c2)c1=O. The van der Waals surface area contributed by atoms with Crippen LogP contribution in [-0.2, 0) is 6.54 Å². The topological polar surface area (TPSA) is 95.7 Å². The molecule has 28 heavy (non-hydrogen) atoms. The van der Waals surface area contributed by atoms with Gasteiger partial charge in [-0.2, -0.15) is 9.78 Å². The van der Waals surface area contributed by atoms with Crippen molar-refractivity contribution in [3.05, 3.63) is 44.7 Å². The molecule has 0 saturated carbocycles. The van der Waals surface area contributed by atoms with Crippen molar-refractivity contribution in [1.82, 2.24) is 19.2 Å². The van der Waals surface area contributed by atoms with Gasteiger partial charge in [0.2, 0.25) is 5.69 Å². The molecule has 150 valence electrons. The van der Waals surface area contributed by atoms with Gasteiger partial charge in [-0.05, 0) is 31.4 Å². The third-order valence-corrected chi connectivity index (χ3v) is 4.71. The molecule has 1 aliphatic heterocycles. The van der Waals surface area contributed by atoms with E-state index < -0.39 is 17.2 Å². The molecule has 9 heteroatoms. The molecule has 2 heterocycles. The van der Waals surface area contributed by atoms with Crippen LogP contribution in [0, 0.1) is 0 Å². The van der Waals surface area contributed by atoms with E-state index in [0.717, 1.165) is 22.1 Å². The van der Waals surface area contributed by atoms with Crippen molar-refractivity contribution in [1.29, 1.82) is 0 Å². The lowest BCUT2D eigenvalue weighted by molar-refractivity contribution is 0.0781. The van der Waals surface area contributed by atoms with E-state index in [4.69, 9.17) is 9.47 Å². The second-order valence-corrected chi connectivity index (χ2v) is 6.54. The Labute approximate surface area is 162 Å². The third-order valence-electron chi connectivity index (χ3n) is 4.71. The molecule has 1 aromatic heterocycles. The van der Waals surface area contributed by atoms with Crippen molar-refractivity contribution >= 4 is 5.91 Å². The molecule has 1 amide bonds. The highest BCUT2D eigenvalue weighted by Gasteiger charge is 2.26. The number of nitrogens with zero attached hydrogens (tertiary/aromatic N) is 4. The number of hydrogen-bond acceptors (Lipinski definition) is 6. The van der Waals surface area contributed by atoms with Crippen LogP contribution in [-0.4, -0.2) is 52.5 Å². The summed E-state index contributed by atoms with van der Waals surface area (Å²) in [5.41, 5.74) is -1.12. The minimum atomic E-state index is -0.652. The van der Waals surface area contributed by atoms with Gasteiger partial charge >= 0.3 is 5.69 Å². The van der Waals surface area contributed by atoms with Crippen LogP contribution in [0.25, 0.3) is 5.69 Å². The number of amides is 1. The summed E-state index contributed by atoms with van der Waals surface area (Å²) in [6.07, 6.45) is 2.36. The molecular weight excluding hydrogens is 364 g/mol. The average molecular weight is 388 g/mol. The molecule has 0 N–H and O–H groups in total. The van der Waals surface area contributed by atoms with Gasteiger partial charge in [0.15, 0.2) is 11.5 Å². The fraction of sp³-hybridized carbons (Fsp3) is 0.474. The first-order valence-electron chi connectivity index (χ1n) is 9.27. The zero-order chi connectivity index (χ0) is 20.3. The summed E-state index contributed by atoms with van der Waals surface area (Å²) in [4.78, 5) is 40.1. The number of carbonyl (C=O) groups is 1. The standard InChI is InChI=1S/C19H24N4O5/c1-4-9-22-18(25)16(17(24)21-10-5-6-11-21)20-23(19(22)26)13-7-8-14(27-2)15(12-13)28-3/h7-8,12H,4-6,9-11H2,1-3H3. The largest absolute Gasteiger partial charge is 0.493 e. The van der Waals surface area contributed by atoms with Gasteiger partial charge in [0.25, 0.3) is 11.5 Å². The lowest BCUT2D eigenvalue weighted by Crippen LogP contribution is -2.46. The number of aromatic nitrogens is 3. The van der Waals surface area contributed by atoms with E-state index in [1.807, 2.05) is 6.92 Å². The number of carbonyl (C=O) groups excluding carboxylic acids is 1. The molecule has 2 aromatic rings. The van der Waals surface area contributed by atoms with Crippen molar-refractivity contribution in [2.45, 2.75) is 32.7 Å². The Morgan fingerprint density at radius 3 is 2.39 bits per heavy atom. The van der Waals surface area contributed by atoms with Crippen molar-refractivity contribution < 1.29 is 14.3 Å². The summed E-state index contributed by atoms with van der Waals surface area (Å²) in [6.45, 7) is 3.23. The highest BCUT2D eigenvalue weighted by molar-refractivity contribution is 5.92. The number of ether oxygens (including phenoxy) is 2. The predicted molar refractivity (Wildman–Crippen MR) is 103 cm³/mol. The average Bonchev–Trinajstić information content (AvgIpc) is 3.25. The number of rotatable bonds is 6. The van der Waals surface area contributed by atoms with Crippen LogP contribution < -0.4 is 20.7 Å². The van der Waals surface area contributed by atoms with Crippen molar-refractivity contribution in [3.63, 3.8) is 0 Å². The van der Waals surface area contributed by atoms with Crippen molar-refractivity contribution in [3.8, 4) is 17.2 Å². The zero-order valence-electron chi connectivity index (χ0n) is 16.3. The molecule has 9 nitrogen and oxygen atoms in total. The summed E-state index contributed by atoms with van der Waals surface area (Å²) in [5, 5.41) is 4.14. The maximum atomic E-state index is 12.9. The normalized spacial score (nSPS) is 13.6. The van der Waals surface area contributed by atoms with Gasteiger partial charge < -0.3 is 14.4 Å². The third kappa shape index (κ3) is 3.51. The van der Waals surface area contributed by atoms with Crippen LogP contribution in [0.15, 0.2) is 27.8 Å². The molecule has 0 spiro atoms. The van der Waals surface area contributed by atoms with Crippen LogP contribution in [0.2, 0.25) is 0 Å². The van der Waals surface area contributed by atoms with Crippen molar-refractivity contribution in [2.75, 3.05) is 27.3 Å². The summed E-state index contributed by atoms with van der Waals surface area (Å²) in [6, 6.07) is 4.85. The van der Waals surface area contributed by atoms with E-state index in [9.17, 15) is 14.4 Å². The second kappa shape index (κ2) is 8.28. The van der Waals surface area contributed by atoms with Gasteiger partial charge in [-0.25, -0.2) is 4.79 Å². The Morgan fingerprint density at radius 1 is 1.11 bits per heavy atom. The van der Waals surface area contributed by atoms with Crippen LogP contribution in [0.1, 0.15) is 36.7 Å². The number of likely N-dealkylation sites (tertiary alicyclic amines) is 1. The van der Waals surface area contributed by atoms with Crippen molar-refractivity contribution in [2.24, 2.45) is 0 Å². The first-order chi connectivity index (χ1) is 13.5. The van der Waals surface area contributed by atoms with E-state index >= 15 is 0 Å². The fourth-order valence-electron chi connectivity index (χ4n) is 3.26. The summed E-state index contributed by atoms with van der Waals surface area (Å²) >= 11 is 0. The highest BCUT2D eigenvalue weighted by atomic mass is 16.5. The van der Waals surface area contributed by atoms with E-state index in [2.05, 4.69) is 5.10 Å².